The van der Waals surface area contributed by atoms with Crippen molar-refractivity contribution in [1.82, 2.24) is 10.6 Å². The highest BCUT2D eigenvalue weighted by Crippen LogP contribution is 2.38. The van der Waals surface area contributed by atoms with E-state index in [0.717, 1.165) is 51.8 Å². The molecule has 1 aliphatic carbocycles. The van der Waals surface area contributed by atoms with Crippen molar-refractivity contribution in [3.8, 4) is 0 Å². The molecular formula is C23H39IN4O2. The molecule has 1 saturated heterocycles. The van der Waals surface area contributed by atoms with Crippen LogP contribution in [0.15, 0.2) is 29.3 Å². The number of nitrogens with zero attached hydrogens (tertiary/aromatic N) is 2. The molecule has 0 atom stereocenters. The minimum absolute atomic E-state index is 0. The van der Waals surface area contributed by atoms with E-state index in [9.17, 15) is 5.11 Å². The summed E-state index contributed by atoms with van der Waals surface area (Å²) >= 11 is 0. The Labute approximate surface area is 198 Å². The molecule has 0 aromatic heterocycles. The predicted octanol–water partition coefficient (Wildman–Crippen LogP) is 3.53. The third kappa shape index (κ3) is 7.57. The van der Waals surface area contributed by atoms with Crippen LogP contribution in [-0.2, 0) is 11.3 Å². The zero-order valence-corrected chi connectivity index (χ0v) is 20.7. The molecule has 2 fully saturated rings. The van der Waals surface area contributed by atoms with Gasteiger partial charge in [-0.05, 0) is 49.3 Å². The van der Waals surface area contributed by atoms with Crippen LogP contribution in [0, 0.1) is 5.41 Å². The van der Waals surface area contributed by atoms with Crippen LogP contribution < -0.4 is 15.5 Å². The molecule has 0 unspecified atom stereocenters. The van der Waals surface area contributed by atoms with Crippen molar-refractivity contribution in [3.05, 3.63) is 29.8 Å². The van der Waals surface area contributed by atoms with Gasteiger partial charge in [-0.1, -0.05) is 31.4 Å². The van der Waals surface area contributed by atoms with Crippen molar-refractivity contribution < 1.29 is 9.84 Å². The van der Waals surface area contributed by atoms with E-state index in [1.54, 1.807) is 0 Å². The van der Waals surface area contributed by atoms with E-state index in [4.69, 9.17) is 9.73 Å². The van der Waals surface area contributed by atoms with E-state index in [-0.39, 0.29) is 36.0 Å². The van der Waals surface area contributed by atoms with Crippen molar-refractivity contribution >= 4 is 35.6 Å². The molecule has 7 heteroatoms. The molecule has 3 N–H and O–H groups in total. The molecule has 1 aliphatic heterocycles. The van der Waals surface area contributed by atoms with E-state index in [1.807, 2.05) is 0 Å². The van der Waals surface area contributed by atoms with E-state index in [1.165, 1.54) is 43.4 Å². The monoisotopic (exact) mass is 530 g/mol. The van der Waals surface area contributed by atoms with Gasteiger partial charge in [0.15, 0.2) is 5.96 Å². The van der Waals surface area contributed by atoms with Crippen molar-refractivity contribution in [1.29, 1.82) is 0 Å². The predicted molar refractivity (Wildman–Crippen MR) is 135 cm³/mol. The molecule has 0 spiro atoms. The van der Waals surface area contributed by atoms with Gasteiger partial charge in [0, 0.05) is 38.5 Å². The van der Waals surface area contributed by atoms with Crippen molar-refractivity contribution in [2.45, 2.75) is 52.0 Å². The highest BCUT2D eigenvalue weighted by Gasteiger charge is 2.31. The minimum atomic E-state index is 0. The standard InChI is InChI=1S/C23H38N4O2.HI/c1-2-24-22(26-19-23(12-15-28)10-4-3-5-11-23)25-18-20-6-8-21(9-7-20)27-13-16-29-17-14-27;/h6-9,28H,2-5,10-19H2,1H3,(H2,24,25,26);1H. The van der Waals surface area contributed by atoms with E-state index >= 15 is 0 Å². The van der Waals surface area contributed by atoms with Gasteiger partial charge in [0.1, 0.15) is 0 Å². The van der Waals surface area contributed by atoms with Crippen molar-refractivity contribution in [2.24, 2.45) is 10.4 Å². The van der Waals surface area contributed by atoms with E-state index in [2.05, 4.69) is 46.7 Å². The first kappa shape index (κ1) is 25.2. The highest BCUT2D eigenvalue weighted by molar-refractivity contribution is 14.0. The summed E-state index contributed by atoms with van der Waals surface area (Å²) in [5.41, 5.74) is 2.68. The number of benzene rings is 1. The first-order valence-corrected chi connectivity index (χ1v) is 11.3. The number of rotatable bonds is 8. The number of guanidine groups is 1. The number of hydrogen-bond acceptors (Lipinski definition) is 4. The average Bonchev–Trinajstić information content (AvgIpc) is 2.77. The van der Waals surface area contributed by atoms with Gasteiger partial charge in [-0.15, -0.1) is 24.0 Å². The number of aliphatic hydroxyl groups excluding tert-OH is 1. The lowest BCUT2D eigenvalue weighted by atomic mass is 9.72. The lowest BCUT2D eigenvalue weighted by Gasteiger charge is -2.37. The molecule has 30 heavy (non-hydrogen) atoms. The molecule has 1 saturated carbocycles. The number of halogens is 1. The third-order valence-corrected chi connectivity index (χ3v) is 6.26. The van der Waals surface area contributed by atoms with Gasteiger partial charge >= 0.3 is 0 Å². The summed E-state index contributed by atoms with van der Waals surface area (Å²) in [6.07, 6.45) is 7.13. The van der Waals surface area contributed by atoms with Crippen LogP contribution in [0.4, 0.5) is 5.69 Å². The van der Waals surface area contributed by atoms with Crippen molar-refractivity contribution in [3.63, 3.8) is 0 Å². The maximum Gasteiger partial charge on any atom is 0.191 e. The number of nitrogens with one attached hydrogen (secondary N) is 2. The molecular weight excluding hydrogens is 491 g/mol. The molecule has 170 valence electrons. The van der Waals surface area contributed by atoms with Gasteiger partial charge in [-0.2, -0.15) is 0 Å². The van der Waals surface area contributed by atoms with Gasteiger partial charge in [-0.3, -0.25) is 0 Å². The maximum atomic E-state index is 9.54. The first-order valence-electron chi connectivity index (χ1n) is 11.3. The molecule has 0 amide bonds. The van der Waals surface area contributed by atoms with Crippen LogP contribution in [0.3, 0.4) is 0 Å². The average molecular weight is 530 g/mol. The fourth-order valence-corrected chi connectivity index (χ4v) is 4.47. The number of morpholine rings is 1. The summed E-state index contributed by atoms with van der Waals surface area (Å²) in [4.78, 5) is 7.17. The Bertz CT molecular complexity index is 621. The SMILES string of the molecule is CCNC(=NCc1ccc(N2CCOCC2)cc1)NCC1(CCO)CCCCC1.I. The summed E-state index contributed by atoms with van der Waals surface area (Å²) < 4.78 is 5.43. The van der Waals surface area contributed by atoms with Crippen LogP contribution in [-0.4, -0.2) is 57.1 Å². The molecule has 2 aliphatic rings. The number of ether oxygens (including phenoxy) is 1. The Hall–Kier alpha value is -1.06. The second kappa shape index (κ2) is 13.4. The van der Waals surface area contributed by atoms with Gasteiger partial charge in [0.2, 0.25) is 0 Å². The van der Waals surface area contributed by atoms with Crippen LogP contribution >= 0.6 is 24.0 Å². The molecule has 1 aromatic carbocycles. The Morgan fingerprint density at radius 3 is 2.43 bits per heavy atom. The summed E-state index contributed by atoms with van der Waals surface area (Å²) in [6.45, 7) is 8.28. The van der Waals surface area contributed by atoms with E-state index in [0.29, 0.717) is 6.54 Å². The second-order valence-electron chi connectivity index (χ2n) is 8.35. The fourth-order valence-electron chi connectivity index (χ4n) is 4.47. The molecule has 0 radical (unpaired) electrons. The molecule has 6 nitrogen and oxygen atoms in total. The third-order valence-electron chi connectivity index (χ3n) is 6.26. The number of hydrogen-bond donors (Lipinski definition) is 3. The first-order chi connectivity index (χ1) is 14.2. The van der Waals surface area contributed by atoms with Crippen LogP contribution in [0.2, 0.25) is 0 Å². The van der Waals surface area contributed by atoms with E-state index < -0.39 is 0 Å². The highest BCUT2D eigenvalue weighted by atomic mass is 127. The smallest absolute Gasteiger partial charge is 0.191 e. The van der Waals surface area contributed by atoms with Crippen LogP contribution in [0.5, 0.6) is 0 Å². The quantitative estimate of drug-likeness (QED) is 0.273. The second-order valence-corrected chi connectivity index (χ2v) is 8.35. The summed E-state index contributed by atoms with van der Waals surface area (Å²) in [5.74, 6) is 0.868. The Balaban J connectivity index is 0.00000320. The molecule has 1 aromatic rings. The van der Waals surface area contributed by atoms with Crippen molar-refractivity contribution in [2.75, 3.05) is 50.9 Å². The Kier molecular flexibility index (Phi) is 11.2. The largest absolute Gasteiger partial charge is 0.396 e. The Morgan fingerprint density at radius 1 is 1.10 bits per heavy atom. The normalized spacial score (nSPS) is 19.1. The van der Waals surface area contributed by atoms with Crippen LogP contribution in [0.25, 0.3) is 0 Å². The van der Waals surface area contributed by atoms with Gasteiger partial charge in [0.25, 0.3) is 0 Å². The topological polar surface area (TPSA) is 69.1 Å². The maximum absolute atomic E-state index is 9.54. The molecule has 3 rings (SSSR count). The lowest BCUT2D eigenvalue weighted by molar-refractivity contribution is 0.122. The number of aliphatic hydroxyl groups is 1. The zero-order valence-electron chi connectivity index (χ0n) is 18.4. The zero-order chi connectivity index (χ0) is 20.4. The number of anilines is 1. The fraction of sp³-hybridized carbons (Fsp3) is 0.696. The Morgan fingerprint density at radius 2 is 1.80 bits per heavy atom. The van der Waals surface area contributed by atoms with Gasteiger partial charge < -0.3 is 25.4 Å². The van der Waals surface area contributed by atoms with Crippen LogP contribution in [0.1, 0.15) is 51.0 Å². The van der Waals surface area contributed by atoms with Gasteiger partial charge in [-0.25, -0.2) is 4.99 Å². The van der Waals surface area contributed by atoms with Gasteiger partial charge in [0.05, 0.1) is 19.8 Å². The number of aliphatic imine (C=N–C) groups is 1. The molecule has 1 heterocycles. The summed E-state index contributed by atoms with van der Waals surface area (Å²) in [6, 6.07) is 8.72. The molecule has 0 bridgehead atoms. The summed E-state index contributed by atoms with van der Waals surface area (Å²) in [7, 11) is 0. The lowest BCUT2D eigenvalue weighted by Crippen LogP contribution is -2.44. The minimum Gasteiger partial charge on any atom is -0.396 e. The summed E-state index contributed by atoms with van der Waals surface area (Å²) in [5, 5.41) is 16.5.